The minimum Gasteiger partial charge on any atom is -0.369 e. The lowest BCUT2D eigenvalue weighted by atomic mass is 10.2. The van der Waals surface area contributed by atoms with Gasteiger partial charge in [-0.15, -0.1) is 0 Å². The Balaban J connectivity index is 1.60. The van der Waals surface area contributed by atoms with Crippen molar-refractivity contribution in [3.8, 4) is 0 Å². The van der Waals surface area contributed by atoms with Crippen molar-refractivity contribution >= 4 is 43.2 Å². The van der Waals surface area contributed by atoms with E-state index in [0.29, 0.717) is 31.7 Å². The van der Waals surface area contributed by atoms with E-state index < -0.39 is 10.0 Å². The van der Waals surface area contributed by atoms with E-state index in [9.17, 15) is 13.2 Å². The molecule has 1 heterocycles. The Hall–Kier alpha value is -1.90. The number of hydrogen-bond acceptors (Lipinski definition) is 4. The number of amides is 1. The number of hydrogen-bond donors (Lipinski definition) is 1. The zero-order valence-electron chi connectivity index (χ0n) is 14.4. The van der Waals surface area contributed by atoms with Gasteiger partial charge in [-0.2, -0.15) is 4.31 Å². The smallest absolute Gasteiger partial charge is 0.255 e. The van der Waals surface area contributed by atoms with Crippen molar-refractivity contribution in [1.82, 2.24) is 4.31 Å². The standard InChI is InChI=1S/C18H20BrN3O3S/c1-26(24,25)22-12-10-21(11-13-22)17-8-6-16(7-9-17)20-18(23)14-2-4-15(19)5-3-14/h2-9H,10-13H2,1H3,(H,20,23). The summed E-state index contributed by atoms with van der Waals surface area (Å²) in [7, 11) is -3.12. The molecule has 1 aliphatic rings. The van der Waals surface area contributed by atoms with Crippen LogP contribution in [0.4, 0.5) is 11.4 Å². The van der Waals surface area contributed by atoms with Gasteiger partial charge in [-0.05, 0) is 48.5 Å². The molecule has 0 bridgehead atoms. The van der Waals surface area contributed by atoms with Crippen LogP contribution < -0.4 is 10.2 Å². The summed E-state index contributed by atoms with van der Waals surface area (Å²) in [6, 6.07) is 14.8. The van der Waals surface area contributed by atoms with E-state index in [2.05, 4.69) is 26.1 Å². The molecule has 138 valence electrons. The van der Waals surface area contributed by atoms with Gasteiger partial charge in [0.2, 0.25) is 10.0 Å². The van der Waals surface area contributed by atoms with Crippen molar-refractivity contribution in [3.05, 3.63) is 58.6 Å². The monoisotopic (exact) mass is 437 g/mol. The molecule has 0 saturated carbocycles. The van der Waals surface area contributed by atoms with Crippen LogP contribution in [0.5, 0.6) is 0 Å². The Morgan fingerprint density at radius 2 is 1.54 bits per heavy atom. The zero-order chi connectivity index (χ0) is 18.7. The number of nitrogens with one attached hydrogen (secondary N) is 1. The molecule has 1 N–H and O–H groups in total. The van der Waals surface area contributed by atoms with E-state index >= 15 is 0 Å². The van der Waals surface area contributed by atoms with E-state index in [-0.39, 0.29) is 5.91 Å². The highest BCUT2D eigenvalue weighted by Crippen LogP contribution is 2.21. The SMILES string of the molecule is CS(=O)(=O)N1CCN(c2ccc(NC(=O)c3ccc(Br)cc3)cc2)CC1. The average Bonchev–Trinajstić information content (AvgIpc) is 2.62. The van der Waals surface area contributed by atoms with Crippen LogP contribution in [0.2, 0.25) is 0 Å². The van der Waals surface area contributed by atoms with Gasteiger partial charge in [0, 0.05) is 47.6 Å². The van der Waals surface area contributed by atoms with Crippen LogP contribution in [-0.2, 0) is 10.0 Å². The third kappa shape index (κ3) is 4.63. The van der Waals surface area contributed by atoms with Crippen molar-refractivity contribution in [2.45, 2.75) is 0 Å². The number of sulfonamides is 1. The molecule has 0 spiro atoms. The van der Waals surface area contributed by atoms with E-state index in [1.807, 2.05) is 36.4 Å². The van der Waals surface area contributed by atoms with Crippen LogP contribution >= 0.6 is 15.9 Å². The quantitative estimate of drug-likeness (QED) is 0.797. The third-order valence-corrected chi connectivity index (χ3v) is 6.14. The first kappa shape index (κ1) is 18.9. The zero-order valence-corrected chi connectivity index (χ0v) is 16.8. The van der Waals surface area contributed by atoms with Crippen LogP contribution in [0.25, 0.3) is 0 Å². The molecular formula is C18H20BrN3O3S. The Kier molecular flexibility index (Phi) is 5.64. The van der Waals surface area contributed by atoms with Gasteiger partial charge in [0.05, 0.1) is 6.26 Å². The number of carbonyl (C=O) groups excluding carboxylic acids is 1. The lowest BCUT2D eigenvalue weighted by Crippen LogP contribution is -2.48. The van der Waals surface area contributed by atoms with Crippen LogP contribution in [-0.4, -0.2) is 51.1 Å². The molecule has 1 saturated heterocycles. The van der Waals surface area contributed by atoms with Crippen molar-refractivity contribution in [3.63, 3.8) is 0 Å². The maximum Gasteiger partial charge on any atom is 0.255 e. The third-order valence-electron chi connectivity index (χ3n) is 4.30. The van der Waals surface area contributed by atoms with Crippen LogP contribution in [0, 0.1) is 0 Å². The topological polar surface area (TPSA) is 69.7 Å². The highest BCUT2D eigenvalue weighted by Gasteiger charge is 2.23. The second-order valence-corrected chi connectivity index (χ2v) is 9.06. The van der Waals surface area contributed by atoms with Crippen molar-refractivity contribution in [2.24, 2.45) is 0 Å². The highest BCUT2D eigenvalue weighted by molar-refractivity contribution is 9.10. The van der Waals surface area contributed by atoms with Crippen molar-refractivity contribution in [1.29, 1.82) is 0 Å². The molecular weight excluding hydrogens is 418 g/mol. The van der Waals surface area contributed by atoms with E-state index in [4.69, 9.17) is 0 Å². The Labute approximate surface area is 162 Å². The van der Waals surface area contributed by atoms with Crippen molar-refractivity contribution in [2.75, 3.05) is 42.7 Å². The molecule has 1 aliphatic heterocycles. The van der Waals surface area contributed by atoms with Gasteiger partial charge >= 0.3 is 0 Å². The maximum absolute atomic E-state index is 12.2. The highest BCUT2D eigenvalue weighted by atomic mass is 79.9. The molecule has 0 aliphatic carbocycles. The van der Waals surface area contributed by atoms with Gasteiger partial charge in [0.15, 0.2) is 0 Å². The molecule has 2 aromatic rings. The maximum atomic E-state index is 12.2. The lowest BCUT2D eigenvalue weighted by molar-refractivity contribution is 0.102. The number of benzene rings is 2. The number of nitrogens with zero attached hydrogens (tertiary/aromatic N) is 2. The Morgan fingerprint density at radius 3 is 2.08 bits per heavy atom. The summed E-state index contributed by atoms with van der Waals surface area (Å²) in [5, 5.41) is 2.87. The van der Waals surface area contributed by atoms with Gasteiger partial charge in [0.1, 0.15) is 0 Å². The summed E-state index contributed by atoms with van der Waals surface area (Å²) in [6.07, 6.45) is 1.24. The first-order valence-corrected chi connectivity index (χ1v) is 10.8. The molecule has 1 amide bonds. The summed E-state index contributed by atoms with van der Waals surface area (Å²) < 4.78 is 25.6. The van der Waals surface area contributed by atoms with Crippen LogP contribution in [0.15, 0.2) is 53.0 Å². The van der Waals surface area contributed by atoms with Gasteiger partial charge in [-0.3, -0.25) is 4.79 Å². The minimum absolute atomic E-state index is 0.160. The fourth-order valence-electron chi connectivity index (χ4n) is 2.84. The summed E-state index contributed by atoms with van der Waals surface area (Å²) in [5.41, 5.74) is 2.32. The van der Waals surface area contributed by atoms with E-state index in [0.717, 1.165) is 15.8 Å². The number of halogens is 1. The number of anilines is 2. The molecule has 2 aromatic carbocycles. The molecule has 26 heavy (non-hydrogen) atoms. The normalized spacial score (nSPS) is 15.7. The fraction of sp³-hybridized carbons (Fsp3) is 0.278. The molecule has 1 fully saturated rings. The summed E-state index contributed by atoms with van der Waals surface area (Å²) in [4.78, 5) is 14.4. The molecule has 0 unspecified atom stereocenters. The van der Waals surface area contributed by atoms with Gasteiger partial charge in [-0.1, -0.05) is 15.9 Å². The van der Waals surface area contributed by atoms with Gasteiger partial charge in [-0.25, -0.2) is 8.42 Å². The number of piperazine rings is 1. The lowest BCUT2D eigenvalue weighted by Gasteiger charge is -2.34. The molecule has 0 aromatic heterocycles. The molecule has 0 radical (unpaired) electrons. The largest absolute Gasteiger partial charge is 0.369 e. The number of carbonyl (C=O) groups is 1. The minimum atomic E-state index is -3.12. The Morgan fingerprint density at radius 1 is 0.962 bits per heavy atom. The average molecular weight is 438 g/mol. The van der Waals surface area contributed by atoms with Gasteiger partial charge < -0.3 is 10.2 Å². The van der Waals surface area contributed by atoms with Crippen LogP contribution in [0.3, 0.4) is 0 Å². The predicted molar refractivity (Wildman–Crippen MR) is 107 cm³/mol. The first-order chi connectivity index (χ1) is 12.3. The van der Waals surface area contributed by atoms with Crippen LogP contribution in [0.1, 0.15) is 10.4 Å². The molecule has 3 rings (SSSR count). The molecule has 8 heteroatoms. The predicted octanol–water partition coefficient (Wildman–Crippen LogP) is 2.78. The van der Waals surface area contributed by atoms with E-state index in [1.165, 1.54) is 10.6 Å². The van der Waals surface area contributed by atoms with Gasteiger partial charge in [0.25, 0.3) is 5.91 Å². The fourth-order valence-corrected chi connectivity index (χ4v) is 3.93. The second kappa shape index (κ2) is 7.77. The number of rotatable bonds is 4. The van der Waals surface area contributed by atoms with Crippen molar-refractivity contribution < 1.29 is 13.2 Å². The molecule has 6 nitrogen and oxygen atoms in total. The first-order valence-electron chi connectivity index (χ1n) is 8.20. The molecule has 0 atom stereocenters. The summed E-state index contributed by atoms with van der Waals surface area (Å²) >= 11 is 3.35. The summed E-state index contributed by atoms with van der Waals surface area (Å²) in [6.45, 7) is 2.27. The second-order valence-electron chi connectivity index (χ2n) is 6.16. The summed E-state index contributed by atoms with van der Waals surface area (Å²) in [5.74, 6) is -0.160. The van der Waals surface area contributed by atoms with E-state index in [1.54, 1.807) is 12.1 Å². The Bertz CT molecular complexity index is 875.